The SMILES string of the molecule is CC(CNC(=O)CCNC(=O)c1cccs1)N1CCc2ccccc2C1. The van der Waals surface area contributed by atoms with Crippen molar-refractivity contribution in [3.8, 4) is 0 Å². The summed E-state index contributed by atoms with van der Waals surface area (Å²) in [4.78, 5) is 26.9. The Labute approximate surface area is 158 Å². The fraction of sp³-hybridized carbons (Fsp3) is 0.400. The summed E-state index contributed by atoms with van der Waals surface area (Å²) in [5, 5.41) is 7.62. The van der Waals surface area contributed by atoms with Gasteiger partial charge in [0.15, 0.2) is 0 Å². The quantitative estimate of drug-likeness (QED) is 0.786. The second kappa shape index (κ2) is 8.96. The number of carbonyl (C=O) groups excluding carboxylic acids is 2. The predicted molar refractivity (Wildman–Crippen MR) is 104 cm³/mol. The number of carbonyl (C=O) groups is 2. The highest BCUT2D eigenvalue weighted by Crippen LogP contribution is 2.19. The van der Waals surface area contributed by atoms with Gasteiger partial charge in [0.25, 0.3) is 5.91 Å². The van der Waals surface area contributed by atoms with E-state index in [2.05, 4.69) is 46.7 Å². The van der Waals surface area contributed by atoms with Crippen LogP contribution in [-0.2, 0) is 17.8 Å². The summed E-state index contributed by atoms with van der Waals surface area (Å²) in [5.41, 5.74) is 2.81. The van der Waals surface area contributed by atoms with Crippen LogP contribution in [0.3, 0.4) is 0 Å². The number of rotatable bonds is 7. The van der Waals surface area contributed by atoms with Gasteiger partial charge in [0, 0.05) is 38.6 Å². The molecule has 6 heteroatoms. The van der Waals surface area contributed by atoms with Crippen LogP contribution in [0.5, 0.6) is 0 Å². The zero-order chi connectivity index (χ0) is 18.4. The Morgan fingerprint density at radius 1 is 1.15 bits per heavy atom. The highest BCUT2D eigenvalue weighted by molar-refractivity contribution is 7.12. The molecule has 1 unspecified atom stereocenters. The smallest absolute Gasteiger partial charge is 0.261 e. The molecule has 0 saturated heterocycles. The summed E-state index contributed by atoms with van der Waals surface area (Å²) in [5.74, 6) is -0.145. The van der Waals surface area contributed by atoms with Crippen LogP contribution in [-0.4, -0.2) is 42.4 Å². The lowest BCUT2D eigenvalue weighted by Gasteiger charge is -2.33. The van der Waals surface area contributed by atoms with Crippen molar-refractivity contribution >= 4 is 23.2 Å². The monoisotopic (exact) mass is 371 g/mol. The molecule has 1 aliphatic heterocycles. The average molecular weight is 372 g/mol. The third-order valence-corrected chi connectivity index (χ3v) is 5.63. The molecular formula is C20H25N3O2S. The molecule has 0 saturated carbocycles. The first-order valence-electron chi connectivity index (χ1n) is 9.02. The number of amides is 2. The Morgan fingerprint density at radius 2 is 1.96 bits per heavy atom. The van der Waals surface area contributed by atoms with Crippen molar-refractivity contribution in [1.29, 1.82) is 0 Å². The van der Waals surface area contributed by atoms with E-state index < -0.39 is 0 Å². The van der Waals surface area contributed by atoms with E-state index in [4.69, 9.17) is 0 Å². The maximum atomic E-state index is 12.0. The molecule has 3 rings (SSSR count). The Balaban J connectivity index is 1.36. The van der Waals surface area contributed by atoms with Gasteiger partial charge in [-0.15, -0.1) is 11.3 Å². The minimum absolute atomic E-state index is 0.0271. The van der Waals surface area contributed by atoms with E-state index in [0.29, 0.717) is 24.4 Å². The van der Waals surface area contributed by atoms with Gasteiger partial charge < -0.3 is 10.6 Å². The molecule has 0 bridgehead atoms. The molecular weight excluding hydrogens is 346 g/mol. The fourth-order valence-electron chi connectivity index (χ4n) is 3.16. The summed E-state index contributed by atoms with van der Waals surface area (Å²) in [6.07, 6.45) is 1.36. The molecule has 5 nitrogen and oxygen atoms in total. The van der Waals surface area contributed by atoms with Crippen molar-refractivity contribution in [3.63, 3.8) is 0 Å². The van der Waals surface area contributed by atoms with Crippen molar-refractivity contribution in [3.05, 3.63) is 57.8 Å². The number of fused-ring (bicyclic) bond motifs is 1. The third-order valence-electron chi connectivity index (χ3n) is 4.76. The fourth-order valence-corrected chi connectivity index (χ4v) is 3.80. The van der Waals surface area contributed by atoms with Crippen molar-refractivity contribution in [2.75, 3.05) is 19.6 Å². The van der Waals surface area contributed by atoms with Crippen LogP contribution in [0.4, 0.5) is 0 Å². The molecule has 2 N–H and O–H groups in total. The van der Waals surface area contributed by atoms with Gasteiger partial charge in [0.1, 0.15) is 0 Å². The van der Waals surface area contributed by atoms with Crippen LogP contribution < -0.4 is 10.6 Å². The van der Waals surface area contributed by atoms with Gasteiger partial charge >= 0.3 is 0 Å². The standard InChI is InChI=1S/C20H25N3O2S/c1-15(23-11-9-16-5-2-3-6-17(16)14-23)13-22-19(24)8-10-21-20(25)18-7-4-12-26-18/h2-7,12,15H,8-11,13-14H2,1H3,(H,21,25)(H,22,24). The molecule has 2 aromatic rings. The van der Waals surface area contributed by atoms with E-state index in [1.54, 1.807) is 6.07 Å². The van der Waals surface area contributed by atoms with Crippen LogP contribution >= 0.6 is 11.3 Å². The second-order valence-corrected chi connectivity index (χ2v) is 7.57. The Kier molecular flexibility index (Phi) is 6.41. The van der Waals surface area contributed by atoms with Crippen LogP contribution in [0.2, 0.25) is 0 Å². The minimum atomic E-state index is -0.117. The maximum absolute atomic E-state index is 12.0. The molecule has 26 heavy (non-hydrogen) atoms. The van der Waals surface area contributed by atoms with E-state index in [1.165, 1.54) is 22.5 Å². The zero-order valence-electron chi connectivity index (χ0n) is 15.0. The maximum Gasteiger partial charge on any atom is 0.261 e. The summed E-state index contributed by atoms with van der Waals surface area (Å²) < 4.78 is 0. The molecule has 1 aromatic carbocycles. The first-order chi connectivity index (χ1) is 12.6. The summed E-state index contributed by atoms with van der Waals surface area (Å²) in [6.45, 7) is 5.08. The molecule has 0 spiro atoms. The van der Waals surface area contributed by atoms with E-state index in [-0.39, 0.29) is 17.9 Å². The molecule has 0 fully saturated rings. The van der Waals surface area contributed by atoms with Gasteiger partial charge in [-0.25, -0.2) is 0 Å². The average Bonchev–Trinajstić information content (AvgIpc) is 3.20. The lowest BCUT2D eigenvalue weighted by molar-refractivity contribution is -0.121. The Hall–Kier alpha value is -2.18. The van der Waals surface area contributed by atoms with Crippen molar-refractivity contribution < 1.29 is 9.59 Å². The van der Waals surface area contributed by atoms with Crippen molar-refractivity contribution in [1.82, 2.24) is 15.5 Å². The van der Waals surface area contributed by atoms with E-state index >= 15 is 0 Å². The lowest BCUT2D eigenvalue weighted by atomic mass is 9.99. The lowest BCUT2D eigenvalue weighted by Crippen LogP contribution is -2.44. The molecule has 138 valence electrons. The number of hydrogen-bond donors (Lipinski definition) is 2. The first-order valence-corrected chi connectivity index (χ1v) is 9.90. The van der Waals surface area contributed by atoms with Gasteiger partial charge in [0.2, 0.25) is 5.91 Å². The molecule has 2 amide bonds. The highest BCUT2D eigenvalue weighted by Gasteiger charge is 2.20. The summed E-state index contributed by atoms with van der Waals surface area (Å²) in [7, 11) is 0. The summed E-state index contributed by atoms with van der Waals surface area (Å²) >= 11 is 1.40. The van der Waals surface area contributed by atoms with E-state index in [1.807, 2.05) is 11.4 Å². The van der Waals surface area contributed by atoms with Gasteiger partial charge in [0.05, 0.1) is 4.88 Å². The van der Waals surface area contributed by atoms with Crippen LogP contribution in [0.25, 0.3) is 0 Å². The van der Waals surface area contributed by atoms with Gasteiger partial charge in [-0.2, -0.15) is 0 Å². The second-order valence-electron chi connectivity index (χ2n) is 6.63. The van der Waals surface area contributed by atoms with Crippen molar-refractivity contribution in [2.24, 2.45) is 0 Å². The van der Waals surface area contributed by atoms with E-state index in [9.17, 15) is 9.59 Å². The van der Waals surface area contributed by atoms with Gasteiger partial charge in [-0.3, -0.25) is 14.5 Å². The normalized spacial score (nSPS) is 15.1. The number of thiophene rings is 1. The molecule has 2 heterocycles. The van der Waals surface area contributed by atoms with Crippen LogP contribution in [0, 0.1) is 0 Å². The molecule has 1 aromatic heterocycles. The highest BCUT2D eigenvalue weighted by atomic mass is 32.1. The number of nitrogens with one attached hydrogen (secondary N) is 2. The topological polar surface area (TPSA) is 61.4 Å². The first kappa shape index (κ1) is 18.6. The zero-order valence-corrected chi connectivity index (χ0v) is 15.8. The largest absolute Gasteiger partial charge is 0.354 e. The number of nitrogens with zero attached hydrogens (tertiary/aromatic N) is 1. The van der Waals surface area contributed by atoms with Crippen LogP contribution in [0.1, 0.15) is 34.1 Å². The predicted octanol–water partition coefficient (Wildman–Crippen LogP) is 2.43. The van der Waals surface area contributed by atoms with Gasteiger partial charge in [-0.1, -0.05) is 30.3 Å². The Bertz CT molecular complexity index is 745. The Morgan fingerprint density at radius 3 is 2.73 bits per heavy atom. The van der Waals surface area contributed by atoms with E-state index in [0.717, 1.165) is 19.5 Å². The van der Waals surface area contributed by atoms with Crippen molar-refractivity contribution in [2.45, 2.75) is 32.4 Å². The summed E-state index contributed by atoms with van der Waals surface area (Å²) in [6, 6.07) is 12.5. The molecule has 1 aliphatic rings. The van der Waals surface area contributed by atoms with Crippen LogP contribution in [0.15, 0.2) is 41.8 Å². The number of benzene rings is 1. The number of hydrogen-bond acceptors (Lipinski definition) is 4. The third kappa shape index (κ3) is 4.93. The molecule has 0 aliphatic carbocycles. The molecule has 0 radical (unpaired) electrons. The van der Waals surface area contributed by atoms with Gasteiger partial charge in [-0.05, 0) is 35.9 Å². The molecule has 1 atom stereocenters. The minimum Gasteiger partial charge on any atom is -0.354 e.